The molecule has 0 bridgehead atoms. The highest BCUT2D eigenvalue weighted by atomic mass is 35.5. The van der Waals surface area contributed by atoms with Crippen LogP contribution in [-0.2, 0) is 4.79 Å². The van der Waals surface area contributed by atoms with Crippen molar-refractivity contribution < 1.29 is 19.3 Å². The van der Waals surface area contributed by atoms with Crippen molar-refractivity contribution in [1.82, 2.24) is 9.88 Å². The maximum Gasteiger partial charge on any atom is 0.270 e. The minimum atomic E-state index is -0.767. The number of aromatic nitrogens is 1. The van der Waals surface area contributed by atoms with Gasteiger partial charge in [0.1, 0.15) is 6.54 Å². The maximum atomic E-state index is 12.3. The number of hydrogen-bond acceptors (Lipinski definition) is 6. The molecule has 0 spiro atoms. The van der Waals surface area contributed by atoms with E-state index in [0.717, 1.165) is 12.1 Å². The molecule has 0 radical (unpaired) electrons. The number of nitrogens with zero attached hydrogens (tertiary/aromatic N) is 3. The maximum absolute atomic E-state index is 12.3. The van der Waals surface area contributed by atoms with Crippen molar-refractivity contribution in [3.8, 4) is 0 Å². The number of pyridine rings is 1. The number of halogens is 1. The fraction of sp³-hybridized carbons (Fsp3) is 0.0667. The van der Waals surface area contributed by atoms with Crippen LogP contribution in [0.1, 0.15) is 20.7 Å². The topological polar surface area (TPSA) is 123 Å². The van der Waals surface area contributed by atoms with Gasteiger partial charge in [0.2, 0.25) is 5.91 Å². The summed E-state index contributed by atoms with van der Waals surface area (Å²) in [6, 6.07) is 6.42. The van der Waals surface area contributed by atoms with E-state index < -0.39 is 29.2 Å². The van der Waals surface area contributed by atoms with Crippen LogP contribution in [0.25, 0.3) is 0 Å². The Balaban J connectivity index is 1.79. The van der Waals surface area contributed by atoms with Gasteiger partial charge in [-0.05, 0) is 18.2 Å². The summed E-state index contributed by atoms with van der Waals surface area (Å²) < 4.78 is 0. The van der Waals surface area contributed by atoms with Gasteiger partial charge in [0.25, 0.3) is 17.5 Å². The predicted molar refractivity (Wildman–Crippen MR) is 86.3 cm³/mol. The molecule has 2 heterocycles. The van der Waals surface area contributed by atoms with Gasteiger partial charge in [-0.25, -0.2) is 4.98 Å². The van der Waals surface area contributed by atoms with E-state index in [1.165, 1.54) is 18.3 Å². The minimum Gasteiger partial charge on any atom is -0.322 e. The van der Waals surface area contributed by atoms with Crippen LogP contribution in [0.5, 0.6) is 0 Å². The van der Waals surface area contributed by atoms with Crippen LogP contribution in [0, 0.1) is 10.1 Å². The smallest absolute Gasteiger partial charge is 0.270 e. The number of carbonyl (C=O) groups excluding carboxylic acids is 3. The number of rotatable bonds is 4. The number of fused-ring (bicyclic) bond motifs is 1. The molecular formula is C15H9ClN4O5. The second-order valence-electron chi connectivity index (χ2n) is 5.07. The zero-order valence-electron chi connectivity index (χ0n) is 12.4. The molecule has 3 rings (SSSR count). The number of amides is 3. The summed E-state index contributed by atoms with van der Waals surface area (Å²) >= 11 is 5.83. The first-order chi connectivity index (χ1) is 11.9. The van der Waals surface area contributed by atoms with Crippen LogP contribution in [-0.4, -0.2) is 39.1 Å². The van der Waals surface area contributed by atoms with Gasteiger partial charge in [0, 0.05) is 18.3 Å². The van der Waals surface area contributed by atoms with Gasteiger partial charge in [-0.3, -0.25) is 29.4 Å². The molecular weight excluding hydrogens is 352 g/mol. The fourth-order valence-electron chi connectivity index (χ4n) is 2.35. The van der Waals surface area contributed by atoms with Gasteiger partial charge in [0.05, 0.1) is 21.7 Å². The molecule has 25 heavy (non-hydrogen) atoms. The quantitative estimate of drug-likeness (QED) is 0.384. The third-order valence-electron chi connectivity index (χ3n) is 3.50. The molecule has 0 fully saturated rings. The molecule has 1 N–H and O–H groups in total. The van der Waals surface area contributed by atoms with Gasteiger partial charge in [0.15, 0.2) is 5.15 Å². The van der Waals surface area contributed by atoms with Crippen molar-refractivity contribution in [2.45, 2.75) is 0 Å². The average molecular weight is 361 g/mol. The second-order valence-corrected chi connectivity index (χ2v) is 5.43. The van der Waals surface area contributed by atoms with Gasteiger partial charge >= 0.3 is 0 Å². The zero-order valence-corrected chi connectivity index (χ0v) is 13.2. The van der Waals surface area contributed by atoms with Crippen molar-refractivity contribution >= 4 is 40.7 Å². The number of nitro benzene ring substituents is 1. The van der Waals surface area contributed by atoms with Crippen molar-refractivity contribution in [2.75, 3.05) is 11.9 Å². The molecule has 0 unspecified atom stereocenters. The van der Waals surface area contributed by atoms with E-state index in [0.29, 0.717) is 4.90 Å². The molecule has 10 heteroatoms. The molecule has 3 amide bonds. The first-order valence-electron chi connectivity index (χ1n) is 6.93. The number of carbonyl (C=O) groups is 3. The lowest BCUT2D eigenvalue weighted by atomic mass is 10.1. The number of imide groups is 1. The molecule has 2 aromatic rings. The molecule has 0 saturated heterocycles. The van der Waals surface area contributed by atoms with Crippen LogP contribution in [0.3, 0.4) is 0 Å². The number of benzene rings is 1. The summed E-state index contributed by atoms with van der Waals surface area (Å²) in [6.07, 6.45) is 1.44. The molecule has 1 aromatic carbocycles. The Labute approximate surface area is 145 Å². The van der Waals surface area contributed by atoms with Crippen LogP contribution >= 0.6 is 11.6 Å². The number of nitro groups is 1. The van der Waals surface area contributed by atoms with E-state index >= 15 is 0 Å². The van der Waals surface area contributed by atoms with Crippen molar-refractivity contribution in [2.24, 2.45) is 0 Å². The first kappa shape index (κ1) is 16.5. The Morgan fingerprint density at radius 1 is 1.24 bits per heavy atom. The van der Waals surface area contributed by atoms with Gasteiger partial charge in [-0.15, -0.1) is 0 Å². The summed E-state index contributed by atoms with van der Waals surface area (Å²) in [5.74, 6) is -2.11. The van der Waals surface area contributed by atoms with Crippen LogP contribution < -0.4 is 5.32 Å². The molecule has 0 aliphatic carbocycles. The standard InChI is InChI=1S/C15H9ClN4O5/c16-13-11(2-1-5-17-13)18-12(21)7-19-14(22)9-4-3-8(20(24)25)6-10(9)15(19)23/h1-6H,7H2,(H,18,21). The van der Waals surface area contributed by atoms with Gasteiger partial charge < -0.3 is 5.32 Å². The van der Waals surface area contributed by atoms with E-state index in [2.05, 4.69) is 10.3 Å². The minimum absolute atomic E-state index is 0.0165. The molecule has 9 nitrogen and oxygen atoms in total. The third-order valence-corrected chi connectivity index (χ3v) is 3.80. The number of non-ortho nitro benzene ring substituents is 1. The van der Waals surface area contributed by atoms with Crippen LogP contribution in [0.4, 0.5) is 11.4 Å². The lowest BCUT2D eigenvalue weighted by Crippen LogP contribution is -2.37. The average Bonchev–Trinajstić information content (AvgIpc) is 2.81. The summed E-state index contributed by atoms with van der Waals surface area (Å²) in [7, 11) is 0. The Bertz CT molecular complexity index is 930. The lowest BCUT2D eigenvalue weighted by molar-refractivity contribution is -0.384. The van der Waals surface area contributed by atoms with Crippen LogP contribution in [0.2, 0.25) is 5.15 Å². The monoisotopic (exact) mass is 360 g/mol. The van der Waals surface area contributed by atoms with Crippen LogP contribution in [0.15, 0.2) is 36.5 Å². The third kappa shape index (κ3) is 3.04. The van der Waals surface area contributed by atoms with Gasteiger partial charge in [-0.2, -0.15) is 0 Å². The van der Waals surface area contributed by atoms with E-state index in [1.807, 2.05) is 0 Å². The van der Waals surface area contributed by atoms with E-state index in [1.54, 1.807) is 6.07 Å². The highest BCUT2D eigenvalue weighted by Gasteiger charge is 2.37. The van der Waals surface area contributed by atoms with Crippen molar-refractivity contribution in [1.29, 1.82) is 0 Å². The summed E-state index contributed by atoms with van der Waals surface area (Å²) in [4.78, 5) is 51.3. The SMILES string of the molecule is O=C(CN1C(=O)c2ccc([N+](=O)[O-])cc2C1=O)Nc1cccnc1Cl. The Morgan fingerprint density at radius 3 is 2.64 bits per heavy atom. The Kier molecular flexibility index (Phi) is 4.15. The van der Waals surface area contributed by atoms with Crippen molar-refractivity contribution in [3.63, 3.8) is 0 Å². The molecule has 126 valence electrons. The first-order valence-corrected chi connectivity index (χ1v) is 7.31. The molecule has 1 aromatic heterocycles. The Hall–Kier alpha value is -3.33. The summed E-state index contributed by atoms with van der Waals surface area (Å²) in [6.45, 7) is -0.550. The molecule has 1 aliphatic rings. The number of anilines is 1. The molecule has 0 atom stereocenters. The Morgan fingerprint density at radius 2 is 1.96 bits per heavy atom. The van der Waals surface area contributed by atoms with Crippen molar-refractivity contribution in [3.05, 3.63) is 62.9 Å². The second kappa shape index (κ2) is 6.29. The highest BCUT2D eigenvalue weighted by Crippen LogP contribution is 2.27. The fourth-order valence-corrected chi connectivity index (χ4v) is 2.52. The molecule has 1 aliphatic heterocycles. The lowest BCUT2D eigenvalue weighted by Gasteiger charge is -2.13. The van der Waals surface area contributed by atoms with Gasteiger partial charge in [-0.1, -0.05) is 11.6 Å². The number of hydrogen-bond donors (Lipinski definition) is 1. The van der Waals surface area contributed by atoms with E-state index in [-0.39, 0.29) is 27.7 Å². The number of nitrogens with one attached hydrogen (secondary N) is 1. The van der Waals surface area contributed by atoms with E-state index in [4.69, 9.17) is 11.6 Å². The predicted octanol–water partition coefficient (Wildman–Crippen LogP) is 1.88. The summed E-state index contributed by atoms with van der Waals surface area (Å²) in [5, 5.41) is 13.3. The molecule has 0 saturated carbocycles. The summed E-state index contributed by atoms with van der Waals surface area (Å²) in [5.41, 5.74) is -0.163. The highest BCUT2D eigenvalue weighted by molar-refractivity contribution is 6.32. The largest absolute Gasteiger partial charge is 0.322 e. The zero-order chi connectivity index (χ0) is 18.1. The van der Waals surface area contributed by atoms with E-state index in [9.17, 15) is 24.5 Å². The normalized spacial score (nSPS) is 12.9.